The summed E-state index contributed by atoms with van der Waals surface area (Å²) >= 11 is 0. The highest BCUT2D eigenvalue weighted by molar-refractivity contribution is 5.89. The number of aromatic nitrogens is 1. The van der Waals surface area contributed by atoms with E-state index < -0.39 is 0 Å². The number of carbonyl (C=O) groups excluding carboxylic acids is 1. The molecule has 1 saturated heterocycles. The lowest BCUT2D eigenvalue weighted by Gasteiger charge is -2.37. The van der Waals surface area contributed by atoms with Gasteiger partial charge in [-0.2, -0.15) is 0 Å². The summed E-state index contributed by atoms with van der Waals surface area (Å²) in [4.78, 5) is 22.0. The Morgan fingerprint density at radius 3 is 2.56 bits per heavy atom. The highest BCUT2D eigenvalue weighted by Crippen LogP contribution is 2.30. The molecule has 5 nitrogen and oxygen atoms in total. The molecule has 1 aromatic heterocycles. The number of methoxy groups -OCH3 is 1. The van der Waals surface area contributed by atoms with Gasteiger partial charge in [-0.3, -0.25) is 4.79 Å². The van der Waals surface area contributed by atoms with Crippen LogP contribution in [0, 0.1) is 12.8 Å². The summed E-state index contributed by atoms with van der Waals surface area (Å²) in [5.41, 5.74) is 2.12. The Balaban J connectivity index is 1.48. The summed E-state index contributed by atoms with van der Waals surface area (Å²) in [7, 11) is 1.69. The van der Waals surface area contributed by atoms with Gasteiger partial charge in [-0.15, -0.1) is 0 Å². The fourth-order valence-electron chi connectivity index (χ4n) is 4.46. The van der Waals surface area contributed by atoms with Crippen molar-refractivity contribution in [3.05, 3.63) is 29.8 Å². The molecule has 1 amide bonds. The number of nitrogens with zero attached hydrogens (tertiary/aromatic N) is 3. The minimum atomic E-state index is 0.260. The van der Waals surface area contributed by atoms with Crippen LogP contribution >= 0.6 is 0 Å². The van der Waals surface area contributed by atoms with Crippen molar-refractivity contribution in [1.82, 2.24) is 9.88 Å². The summed E-state index contributed by atoms with van der Waals surface area (Å²) in [6.45, 7) is 5.38. The predicted octanol–water partition coefficient (Wildman–Crippen LogP) is 3.78. The third-order valence-electron chi connectivity index (χ3n) is 6.09. The topological polar surface area (TPSA) is 45.7 Å². The number of hydrogen-bond acceptors (Lipinski definition) is 4. The Labute approximate surface area is 161 Å². The number of rotatable bonds is 3. The molecule has 0 atom stereocenters. The highest BCUT2D eigenvalue weighted by Gasteiger charge is 2.29. The molecule has 2 aromatic rings. The molecular weight excluding hydrogens is 338 g/mol. The Morgan fingerprint density at radius 1 is 1.11 bits per heavy atom. The number of pyridine rings is 1. The molecule has 0 N–H and O–H groups in total. The molecule has 5 heteroatoms. The summed E-state index contributed by atoms with van der Waals surface area (Å²) in [5.74, 6) is 2.42. The minimum absolute atomic E-state index is 0.260. The zero-order valence-electron chi connectivity index (χ0n) is 16.4. The van der Waals surface area contributed by atoms with E-state index in [-0.39, 0.29) is 5.92 Å². The fourth-order valence-corrected chi connectivity index (χ4v) is 4.46. The third kappa shape index (κ3) is 3.60. The lowest BCUT2D eigenvalue weighted by Crippen LogP contribution is -2.50. The van der Waals surface area contributed by atoms with Gasteiger partial charge in [0.15, 0.2) is 0 Å². The van der Waals surface area contributed by atoms with Crippen LogP contribution in [0.2, 0.25) is 0 Å². The number of carbonyl (C=O) groups is 1. The number of amides is 1. The van der Waals surface area contributed by atoms with Crippen molar-refractivity contribution in [3.63, 3.8) is 0 Å². The predicted molar refractivity (Wildman–Crippen MR) is 108 cm³/mol. The third-order valence-corrected chi connectivity index (χ3v) is 6.09. The Hall–Kier alpha value is -2.30. The average molecular weight is 367 g/mol. The van der Waals surface area contributed by atoms with Crippen molar-refractivity contribution in [2.24, 2.45) is 5.92 Å². The molecule has 2 aliphatic rings. The number of ether oxygens (including phenoxy) is 1. The Morgan fingerprint density at radius 2 is 1.85 bits per heavy atom. The van der Waals surface area contributed by atoms with Crippen LogP contribution in [0.1, 0.15) is 37.7 Å². The molecule has 2 heterocycles. The number of benzene rings is 1. The maximum Gasteiger partial charge on any atom is 0.225 e. The lowest BCUT2D eigenvalue weighted by molar-refractivity contribution is -0.136. The van der Waals surface area contributed by atoms with Crippen LogP contribution in [-0.4, -0.2) is 49.1 Å². The number of anilines is 1. The maximum absolute atomic E-state index is 12.8. The first-order valence-corrected chi connectivity index (χ1v) is 10.2. The molecule has 0 unspecified atom stereocenters. The van der Waals surface area contributed by atoms with Gasteiger partial charge < -0.3 is 14.5 Å². The van der Waals surface area contributed by atoms with Gasteiger partial charge in [0.25, 0.3) is 0 Å². The van der Waals surface area contributed by atoms with Gasteiger partial charge in [0, 0.05) is 37.5 Å². The molecule has 1 saturated carbocycles. The van der Waals surface area contributed by atoms with Gasteiger partial charge in [0.2, 0.25) is 5.91 Å². The standard InChI is InChI=1S/C22H29N3O2/c1-16-15-20(23-21-18(16)9-6-10-19(21)27-2)24-11-13-25(14-12-24)22(26)17-7-4-3-5-8-17/h6,9-10,15,17H,3-5,7-8,11-14H2,1-2H3. The highest BCUT2D eigenvalue weighted by atomic mass is 16.5. The van der Waals surface area contributed by atoms with Crippen LogP contribution in [0.5, 0.6) is 5.75 Å². The monoisotopic (exact) mass is 367 g/mol. The first kappa shape index (κ1) is 18.1. The van der Waals surface area contributed by atoms with Crippen LogP contribution in [0.25, 0.3) is 10.9 Å². The van der Waals surface area contributed by atoms with Crippen molar-refractivity contribution in [2.45, 2.75) is 39.0 Å². The van der Waals surface area contributed by atoms with E-state index in [1.165, 1.54) is 24.8 Å². The number of fused-ring (bicyclic) bond motifs is 1. The van der Waals surface area contributed by atoms with Crippen LogP contribution in [-0.2, 0) is 4.79 Å². The molecule has 1 aliphatic heterocycles. The van der Waals surface area contributed by atoms with Gasteiger partial charge in [0.1, 0.15) is 17.1 Å². The largest absolute Gasteiger partial charge is 0.494 e. The van der Waals surface area contributed by atoms with Crippen LogP contribution in [0.15, 0.2) is 24.3 Å². The number of aryl methyl sites for hydroxylation is 1. The summed E-state index contributed by atoms with van der Waals surface area (Å²) < 4.78 is 5.51. The average Bonchev–Trinajstić information content (AvgIpc) is 2.73. The molecule has 0 radical (unpaired) electrons. The second-order valence-corrected chi connectivity index (χ2v) is 7.80. The number of hydrogen-bond donors (Lipinski definition) is 0. The Kier molecular flexibility index (Phi) is 5.19. The molecule has 0 spiro atoms. The second kappa shape index (κ2) is 7.75. The first-order chi connectivity index (χ1) is 13.2. The molecule has 1 aromatic carbocycles. The van der Waals surface area contributed by atoms with Crippen LogP contribution < -0.4 is 9.64 Å². The quantitative estimate of drug-likeness (QED) is 0.828. The fraction of sp³-hybridized carbons (Fsp3) is 0.545. The number of para-hydroxylation sites is 1. The van der Waals surface area contributed by atoms with Crippen molar-refractivity contribution < 1.29 is 9.53 Å². The van der Waals surface area contributed by atoms with E-state index in [0.717, 1.165) is 61.5 Å². The van der Waals surface area contributed by atoms with Gasteiger partial charge in [-0.1, -0.05) is 31.4 Å². The zero-order chi connectivity index (χ0) is 18.8. The van der Waals surface area contributed by atoms with E-state index in [1.807, 2.05) is 12.1 Å². The van der Waals surface area contributed by atoms with E-state index in [9.17, 15) is 4.79 Å². The van der Waals surface area contributed by atoms with E-state index in [4.69, 9.17) is 9.72 Å². The van der Waals surface area contributed by atoms with E-state index in [0.29, 0.717) is 5.91 Å². The molecular formula is C22H29N3O2. The second-order valence-electron chi connectivity index (χ2n) is 7.80. The summed E-state index contributed by atoms with van der Waals surface area (Å²) in [6, 6.07) is 8.20. The molecule has 27 heavy (non-hydrogen) atoms. The van der Waals surface area contributed by atoms with E-state index in [1.54, 1.807) is 7.11 Å². The molecule has 144 valence electrons. The molecule has 4 rings (SSSR count). The van der Waals surface area contributed by atoms with Gasteiger partial charge >= 0.3 is 0 Å². The van der Waals surface area contributed by atoms with Crippen molar-refractivity contribution >= 4 is 22.6 Å². The van der Waals surface area contributed by atoms with E-state index >= 15 is 0 Å². The number of piperazine rings is 1. The lowest BCUT2D eigenvalue weighted by atomic mass is 9.88. The van der Waals surface area contributed by atoms with Crippen molar-refractivity contribution in [2.75, 3.05) is 38.2 Å². The van der Waals surface area contributed by atoms with E-state index in [2.05, 4.69) is 28.9 Å². The summed E-state index contributed by atoms with van der Waals surface area (Å²) in [6.07, 6.45) is 5.85. The minimum Gasteiger partial charge on any atom is -0.494 e. The van der Waals surface area contributed by atoms with Gasteiger partial charge in [-0.05, 0) is 37.5 Å². The SMILES string of the molecule is COc1cccc2c(C)cc(N3CCN(C(=O)C4CCCCC4)CC3)nc12. The summed E-state index contributed by atoms with van der Waals surface area (Å²) in [5, 5.41) is 1.13. The molecule has 1 aliphatic carbocycles. The van der Waals surface area contributed by atoms with Crippen molar-refractivity contribution in [3.8, 4) is 5.75 Å². The maximum atomic E-state index is 12.8. The van der Waals surface area contributed by atoms with Gasteiger partial charge in [0.05, 0.1) is 7.11 Å². The smallest absolute Gasteiger partial charge is 0.225 e. The molecule has 0 bridgehead atoms. The van der Waals surface area contributed by atoms with Crippen molar-refractivity contribution in [1.29, 1.82) is 0 Å². The van der Waals surface area contributed by atoms with Crippen LogP contribution in [0.4, 0.5) is 5.82 Å². The first-order valence-electron chi connectivity index (χ1n) is 10.2. The normalized spacial score (nSPS) is 18.7. The van der Waals surface area contributed by atoms with Gasteiger partial charge in [-0.25, -0.2) is 4.98 Å². The Bertz CT molecular complexity index is 822. The van der Waals surface area contributed by atoms with Crippen LogP contribution in [0.3, 0.4) is 0 Å². The molecule has 2 fully saturated rings. The zero-order valence-corrected chi connectivity index (χ0v) is 16.4.